The molecule has 0 bridgehead atoms. The third kappa shape index (κ3) is 3.75. The molecule has 0 atom stereocenters. The van der Waals surface area contributed by atoms with Crippen LogP contribution in [0.4, 0.5) is 5.69 Å². The molecule has 0 amide bonds. The van der Waals surface area contributed by atoms with Gasteiger partial charge >= 0.3 is 0 Å². The molecule has 2 fully saturated rings. The molecular formula is C28H33N5O. The molecule has 2 aliphatic rings. The fraction of sp³-hybridized carbons (Fsp3) is 0.429. The first-order valence-electron chi connectivity index (χ1n) is 12.6. The lowest BCUT2D eigenvalue weighted by Crippen LogP contribution is -2.39. The predicted octanol–water partition coefficient (Wildman–Crippen LogP) is 4.99. The van der Waals surface area contributed by atoms with Crippen molar-refractivity contribution in [2.75, 3.05) is 31.2 Å². The highest BCUT2D eigenvalue weighted by Gasteiger charge is 2.23. The molecule has 6 nitrogen and oxygen atoms in total. The van der Waals surface area contributed by atoms with Crippen LogP contribution in [0.3, 0.4) is 0 Å². The lowest BCUT2D eigenvalue weighted by Gasteiger charge is -2.33. The van der Waals surface area contributed by atoms with Crippen molar-refractivity contribution in [1.82, 2.24) is 14.4 Å². The van der Waals surface area contributed by atoms with Gasteiger partial charge in [0.2, 0.25) is 0 Å². The quantitative estimate of drug-likeness (QED) is 0.471. The van der Waals surface area contributed by atoms with Crippen molar-refractivity contribution in [3.63, 3.8) is 0 Å². The highest BCUT2D eigenvalue weighted by Crippen LogP contribution is 2.33. The minimum absolute atomic E-state index is 0.344. The Morgan fingerprint density at radius 2 is 1.65 bits per heavy atom. The van der Waals surface area contributed by atoms with Gasteiger partial charge in [0.25, 0.3) is 0 Å². The van der Waals surface area contributed by atoms with Crippen LogP contribution in [0.15, 0.2) is 42.6 Å². The van der Waals surface area contributed by atoms with Gasteiger partial charge in [-0.05, 0) is 80.5 Å². The SMILES string of the molecule is Cc1cc(-c2ccc3ncc4c(C)nc(C5CCOCC5)n4c3c2)ccc1N1CCC(N)CC1. The minimum Gasteiger partial charge on any atom is -0.381 e. The van der Waals surface area contributed by atoms with Crippen LogP contribution in [0.25, 0.3) is 27.7 Å². The first-order valence-corrected chi connectivity index (χ1v) is 12.6. The summed E-state index contributed by atoms with van der Waals surface area (Å²) in [5.74, 6) is 1.57. The van der Waals surface area contributed by atoms with Crippen LogP contribution in [0, 0.1) is 13.8 Å². The maximum Gasteiger partial charge on any atom is 0.117 e. The Bertz CT molecular complexity index is 1350. The van der Waals surface area contributed by atoms with Crippen LogP contribution in [0.5, 0.6) is 0 Å². The molecule has 0 spiro atoms. The largest absolute Gasteiger partial charge is 0.381 e. The van der Waals surface area contributed by atoms with E-state index in [0.29, 0.717) is 12.0 Å². The summed E-state index contributed by atoms with van der Waals surface area (Å²) in [7, 11) is 0. The number of hydrogen-bond acceptors (Lipinski definition) is 5. The van der Waals surface area contributed by atoms with Gasteiger partial charge in [0.05, 0.1) is 28.4 Å². The molecule has 2 aromatic carbocycles. The molecule has 34 heavy (non-hydrogen) atoms. The van der Waals surface area contributed by atoms with E-state index in [0.717, 1.165) is 80.1 Å². The number of piperidine rings is 1. The fourth-order valence-corrected chi connectivity index (χ4v) is 5.65. The molecule has 0 aliphatic carbocycles. The second-order valence-corrected chi connectivity index (χ2v) is 9.95. The predicted molar refractivity (Wildman–Crippen MR) is 138 cm³/mol. The second-order valence-electron chi connectivity index (χ2n) is 9.95. The van der Waals surface area contributed by atoms with Gasteiger partial charge in [0.15, 0.2) is 0 Å². The highest BCUT2D eigenvalue weighted by atomic mass is 16.5. The van der Waals surface area contributed by atoms with Crippen molar-refractivity contribution in [3.05, 3.63) is 59.7 Å². The van der Waals surface area contributed by atoms with Gasteiger partial charge in [0.1, 0.15) is 5.82 Å². The van der Waals surface area contributed by atoms with Crippen LogP contribution in [-0.4, -0.2) is 46.7 Å². The average molecular weight is 456 g/mol. The number of ether oxygens (including phenoxy) is 1. The minimum atomic E-state index is 0.344. The Labute approximate surface area is 200 Å². The molecule has 0 unspecified atom stereocenters. The summed E-state index contributed by atoms with van der Waals surface area (Å²) in [6.45, 7) is 8.00. The van der Waals surface area contributed by atoms with Crippen LogP contribution >= 0.6 is 0 Å². The lowest BCUT2D eigenvalue weighted by molar-refractivity contribution is 0.0835. The number of benzene rings is 2. The standard InChI is InChI=1S/C28H33N5O/c1-18-15-21(4-6-25(18)32-11-7-23(29)8-12-32)22-3-5-24-26(16-22)33-27(17-30-24)19(2)31-28(33)20-9-13-34-14-10-20/h3-6,15-17,20,23H,7-14,29H2,1-2H3. The van der Waals surface area contributed by atoms with Crippen molar-refractivity contribution in [2.45, 2.75) is 51.5 Å². The molecule has 176 valence electrons. The zero-order valence-corrected chi connectivity index (χ0v) is 20.1. The van der Waals surface area contributed by atoms with Gasteiger partial charge in [-0.15, -0.1) is 0 Å². The van der Waals surface area contributed by atoms with E-state index in [1.165, 1.54) is 22.4 Å². The molecule has 0 radical (unpaired) electrons. The monoisotopic (exact) mass is 455 g/mol. The third-order valence-corrected chi connectivity index (χ3v) is 7.66. The number of anilines is 1. The van der Waals surface area contributed by atoms with E-state index in [-0.39, 0.29) is 0 Å². The third-order valence-electron chi connectivity index (χ3n) is 7.66. The van der Waals surface area contributed by atoms with Crippen molar-refractivity contribution < 1.29 is 4.74 Å². The molecule has 4 aromatic rings. The van der Waals surface area contributed by atoms with E-state index in [2.05, 4.69) is 59.5 Å². The Hall–Kier alpha value is -2.96. The summed E-state index contributed by atoms with van der Waals surface area (Å²) >= 11 is 0. The highest BCUT2D eigenvalue weighted by molar-refractivity contribution is 5.85. The Kier molecular flexibility index (Phi) is 5.50. The van der Waals surface area contributed by atoms with Gasteiger partial charge in [-0.25, -0.2) is 4.98 Å². The zero-order chi connectivity index (χ0) is 23.2. The topological polar surface area (TPSA) is 68.7 Å². The van der Waals surface area contributed by atoms with Gasteiger partial charge in [-0.3, -0.25) is 9.38 Å². The van der Waals surface area contributed by atoms with Crippen molar-refractivity contribution in [3.8, 4) is 11.1 Å². The molecule has 6 rings (SSSR count). The molecule has 2 aliphatic heterocycles. The van der Waals surface area contributed by atoms with Gasteiger partial charge in [-0.1, -0.05) is 12.1 Å². The number of aromatic nitrogens is 3. The van der Waals surface area contributed by atoms with E-state index < -0.39 is 0 Å². The first-order chi connectivity index (χ1) is 16.6. The summed E-state index contributed by atoms with van der Waals surface area (Å²) in [6, 6.07) is 13.8. The number of nitrogens with two attached hydrogens (primary N) is 1. The van der Waals surface area contributed by atoms with E-state index in [1.54, 1.807) is 0 Å². The number of fused-ring (bicyclic) bond motifs is 3. The molecule has 2 N–H and O–H groups in total. The average Bonchev–Trinajstić information content (AvgIpc) is 3.22. The maximum atomic E-state index is 6.11. The second kappa shape index (κ2) is 8.67. The number of rotatable bonds is 3. The molecule has 4 heterocycles. The van der Waals surface area contributed by atoms with Gasteiger partial charge < -0.3 is 15.4 Å². The van der Waals surface area contributed by atoms with Crippen LogP contribution in [0.2, 0.25) is 0 Å². The van der Waals surface area contributed by atoms with Crippen molar-refractivity contribution in [2.24, 2.45) is 5.73 Å². The summed E-state index contributed by atoms with van der Waals surface area (Å²) < 4.78 is 7.96. The van der Waals surface area contributed by atoms with Gasteiger partial charge in [0, 0.05) is 44.0 Å². The Morgan fingerprint density at radius 1 is 0.912 bits per heavy atom. The molecule has 2 aromatic heterocycles. The molecule has 6 heteroatoms. The van der Waals surface area contributed by atoms with E-state index in [4.69, 9.17) is 20.4 Å². The fourth-order valence-electron chi connectivity index (χ4n) is 5.65. The first kappa shape index (κ1) is 21.6. The Morgan fingerprint density at radius 3 is 2.41 bits per heavy atom. The van der Waals surface area contributed by atoms with Gasteiger partial charge in [-0.2, -0.15) is 0 Å². The Balaban J connectivity index is 1.42. The smallest absolute Gasteiger partial charge is 0.117 e. The lowest BCUT2D eigenvalue weighted by atomic mass is 9.98. The van der Waals surface area contributed by atoms with Crippen LogP contribution < -0.4 is 10.6 Å². The molecular weight excluding hydrogens is 422 g/mol. The number of aryl methyl sites for hydroxylation is 2. The summed E-state index contributed by atoms with van der Waals surface area (Å²) in [5.41, 5.74) is 15.5. The number of imidazole rings is 1. The zero-order valence-electron chi connectivity index (χ0n) is 20.1. The number of hydrogen-bond donors (Lipinski definition) is 1. The summed E-state index contributed by atoms with van der Waals surface area (Å²) in [5, 5.41) is 0. The van der Waals surface area contributed by atoms with E-state index >= 15 is 0 Å². The van der Waals surface area contributed by atoms with Crippen LogP contribution in [0.1, 0.15) is 48.7 Å². The van der Waals surface area contributed by atoms with E-state index in [9.17, 15) is 0 Å². The number of nitrogens with zero attached hydrogens (tertiary/aromatic N) is 4. The normalized spacial score (nSPS) is 18.3. The van der Waals surface area contributed by atoms with E-state index in [1.807, 2.05) is 6.20 Å². The van der Waals surface area contributed by atoms with Crippen molar-refractivity contribution >= 4 is 22.2 Å². The van der Waals surface area contributed by atoms with Crippen LogP contribution in [-0.2, 0) is 4.74 Å². The summed E-state index contributed by atoms with van der Waals surface area (Å²) in [4.78, 5) is 12.2. The summed E-state index contributed by atoms with van der Waals surface area (Å²) in [6.07, 6.45) is 6.13. The molecule has 0 saturated carbocycles. The van der Waals surface area contributed by atoms with Crippen molar-refractivity contribution in [1.29, 1.82) is 0 Å². The molecule has 2 saturated heterocycles. The maximum absolute atomic E-state index is 6.11.